The SMILES string of the molecule is CN(C)C(=O)NCCNCC(O)COCc1ccccc1. The van der Waals surface area contributed by atoms with Crippen LogP contribution >= 0.6 is 0 Å². The van der Waals surface area contributed by atoms with Gasteiger partial charge < -0.3 is 25.4 Å². The van der Waals surface area contributed by atoms with Gasteiger partial charge in [0.1, 0.15) is 0 Å². The van der Waals surface area contributed by atoms with Gasteiger partial charge in [-0.2, -0.15) is 0 Å². The predicted octanol–water partition coefficient (Wildman–Crippen LogP) is 0.425. The second kappa shape index (κ2) is 10.1. The zero-order valence-corrected chi connectivity index (χ0v) is 12.7. The van der Waals surface area contributed by atoms with Crippen LogP contribution in [0.3, 0.4) is 0 Å². The summed E-state index contributed by atoms with van der Waals surface area (Å²) in [7, 11) is 3.38. The van der Waals surface area contributed by atoms with Gasteiger partial charge in [0.25, 0.3) is 0 Å². The van der Waals surface area contributed by atoms with Crippen molar-refractivity contribution in [1.82, 2.24) is 15.5 Å². The van der Waals surface area contributed by atoms with E-state index in [1.54, 1.807) is 14.1 Å². The molecule has 1 aromatic rings. The van der Waals surface area contributed by atoms with Crippen molar-refractivity contribution in [2.24, 2.45) is 0 Å². The fourth-order valence-electron chi connectivity index (χ4n) is 1.63. The molecule has 0 aliphatic heterocycles. The highest BCUT2D eigenvalue weighted by Crippen LogP contribution is 2.00. The van der Waals surface area contributed by atoms with Crippen LogP contribution in [0.15, 0.2) is 30.3 Å². The van der Waals surface area contributed by atoms with E-state index < -0.39 is 6.10 Å². The van der Waals surface area contributed by atoms with Crippen molar-refractivity contribution < 1.29 is 14.6 Å². The Labute approximate surface area is 126 Å². The number of aliphatic hydroxyl groups excluding tert-OH is 1. The summed E-state index contributed by atoms with van der Waals surface area (Å²) in [5, 5.41) is 15.5. The van der Waals surface area contributed by atoms with Crippen LogP contribution in [0.2, 0.25) is 0 Å². The number of aliphatic hydroxyl groups is 1. The molecule has 0 saturated carbocycles. The fraction of sp³-hybridized carbons (Fsp3) is 0.533. The number of benzene rings is 1. The number of nitrogens with zero attached hydrogens (tertiary/aromatic N) is 1. The summed E-state index contributed by atoms with van der Waals surface area (Å²) in [4.78, 5) is 12.7. The van der Waals surface area contributed by atoms with E-state index in [0.29, 0.717) is 26.2 Å². The molecule has 118 valence electrons. The summed E-state index contributed by atoms with van der Waals surface area (Å²) in [6.07, 6.45) is -0.557. The van der Waals surface area contributed by atoms with E-state index in [1.165, 1.54) is 4.90 Å². The largest absolute Gasteiger partial charge is 0.389 e. The number of nitrogens with one attached hydrogen (secondary N) is 2. The maximum atomic E-state index is 11.2. The molecular weight excluding hydrogens is 270 g/mol. The molecule has 1 aromatic carbocycles. The standard InChI is InChI=1S/C15H25N3O3/c1-18(2)15(20)17-9-8-16-10-14(19)12-21-11-13-6-4-3-5-7-13/h3-7,14,16,19H,8-12H2,1-2H3,(H,17,20). The molecule has 6 heteroatoms. The molecule has 0 spiro atoms. The minimum atomic E-state index is -0.557. The van der Waals surface area contributed by atoms with Crippen LogP contribution in [0.4, 0.5) is 4.79 Å². The number of carbonyl (C=O) groups excluding carboxylic acids is 1. The lowest BCUT2D eigenvalue weighted by Crippen LogP contribution is -2.40. The van der Waals surface area contributed by atoms with Crippen molar-refractivity contribution in [2.45, 2.75) is 12.7 Å². The van der Waals surface area contributed by atoms with Gasteiger partial charge in [-0.15, -0.1) is 0 Å². The third kappa shape index (κ3) is 8.29. The van der Waals surface area contributed by atoms with Crippen molar-refractivity contribution in [1.29, 1.82) is 0 Å². The Morgan fingerprint density at radius 2 is 2.00 bits per heavy atom. The minimum Gasteiger partial charge on any atom is -0.389 e. The minimum absolute atomic E-state index is 0.122. The Bertz CT molecular complexity index is 398. The van der Waals surface area contributed by atoms with Gasteiger partial charge in [0.05, 0.1) is 19.3 Å². The van der Waals surface area contributed by atoms with Gasteiger partial charge in [-0.3, -0.25) is 0 Å². The number of carbonyl (C=O) groups is 1. The van der Waals surface area contributed by atoms with Gasteiger partial charge in [-0.25, -0.2) is 4.79 Å². The number of rotatable bonds is 9. The molecular formula is C15H25N3O3. The Hall–Kier alpha value is -1.63. The summed E-state index contributed by atoms with van der Waals surface area (Å²) >= 11 is 0. The topological polar surface area (TPSA) is 73.8 Å². The lowest BCUT2D eigenvalue weighted by Gasteiger charge is -2.14. The van der Waals surface area contributed by atoms with Crippen LogP contribution in [0, 0.1) is 0 Å². The maximum Gasteiger partial charge on any atom is 0.316 e. The summed E-state index contributed by atoms with van der Waals surface area (Å²) < 4.78 is 5.44. The number of ether oxygens (including phenoxy) is 1. The van der Waals surface area contributed by atoms with Crippen molar-refractivity contribution >= 4 is 6.03 Å². The Balaban J connectivity index is 1.99. The first kappa shape index (κ1) is 17.4. The Morgan fingerprint density at radius 3 is 2.67 bits per heavy atom. The first-order valence-corrected chi connectivity index (χ1v) is 7.05. The van der Waals surface area contributed by atoms with Crippen molar-refractivity contribution in [3.63, 3.8) is 0 Å². The van der Waals surface area contributed by atoms with Crippen molar-refractivity contribution in [2.75, 3.05) is 40.3 Å². The van der Waals surface area contributed by atoms with Gasteiger partial charge in [-0.05, 0) is 5.56 Å². The maximum absolute atomic E-state index is 11.2. The highest BCUT2D eigenvalue weighted by molar-refractivity contribution is 5.73. The van der Waals surface area contributed by atoms with Crippen molar-refractivity contribution in [3.05, 3.63) is 35.9 Å². The van der Waals surface area contributed by atoms with E-state index in [0.717, 1.165) is 5.56 Å². The molecule has 0 aliphatic rings. The van der Waals surface area contributed by atoms with E-state index >= 15 is 0 Å². The van der Waals surface area contributed by atoms with Crippen LogP contribution in [0.5, 0.6) is 0 Å². The van der Waals surface area contributed by atoms with E-state index in [2.05, 4.69) is 10.6 Å². The predicted molar refractivity (Wildman–Crippen MR) is 82.1 cm³/mol. The zero-order chi connectivity index (χ0) is 15.5. The molecule has 0 fully saturated rings. The van der Waals surface area contributed by atoms with Gasteiger partial charge in [-0.1, -0.05) is 30.3 Å². The van der Waals surface area contributed by atoms with E-state index in [1.807, 2.05) is 30.3 Å². The summed E-state index contributed by atoms with van der Waals surface area (Å²) in [5.41, 5.74) is 1.09. The number of amides is 2. The third-order valence-corrected chi connectivity index (χ3v) is 2.79. The van der Waals surface area contributed by atoms with Crippen LogP contribution in [0.1, 0.15) is 5.56 Å². The van der Waals surface area contributed by atoms with Gasteiger partial charge in [0, 0.05) is 33.7 Å². The average Bonchev–Trinajstić information content (AvgIpc) is 2.47. The third-order valence-electron chi connectivity index (χ3n) is 2.79. The molecule has 2 amide bonds. The molecule has 0 aliphatic carbocycles. The molecule has 0 aromatic heterocycles. The first-order chi connectivity index (χ1) is 10.1. The number of hydrogen-bond acceptors (Lipinski definition) is 4. The molecule has 6 nitrogen and oxygen atoms in total. The van der Waals surface area contributed by atoms with Crippen molar-refractivity contribution in [3.8, 4) is 0 Å². The molecule has 1 rings (SSSR count). The lowest BCUT2D eigenvalue weighted by atomic mass is 10.2. The highest BCUT2D eigenvalue weighted by atomic mass is 16.5. The normalized spacial score (nSPS) is 12.0. The average molecular weight is 295 g/mol. The molecule has 1 unspecified atom stereocenters. The van der Waals surface area contributed by atoms with E-state index in [-0.39, 0.29) is 12.6 Å². The van der Waals surface area contributed by atoms with Gasteiger partial charge >= 0.3 is 6.03 Å². The fourth-order valence-corrected chi connectivity index (χ4v) is 1.63. The van der Waals surface area contributed by atoms with Crippen LogP contribution in [-0.2, 0) is 11.3 Å². The van der Waals surface area contributed by atoms with Gasteiger partial charge in [0.2, 0.25) is 0 Å². The molecule has 0 radical (unpaired) electrons. The van der Waals surface area contributed by atoms with Crippen LogP contribution in [0.25, 0.3) is 0 Å². The lowest BCUT2D eigenvalue weighted by molar-refractivity contribution is 0.0290. The quantitative estimate of drug-likeness (QED) is 0.578. The number of urea groups is 1. The molecule has 21 heavy (non-hydrogen) atoms. The molecule has 0 bridgehead atoms. The molecule has 0 heterocycles. The second-order valence-electron chi connectivity index (χ2n) is 4.99. The Morgan fingerprint density at radius 1 is 1.29 bits per heavy atom. The monoisotopic (exact) mass is 295 g/mol. The molecule has 3 N–H and O–H groups in total. The van der Waals surface area contributed by atoms with Crippen LogP contribution < -0.4 is 10.6 Å². The van der Waals surface area contributed by atoms with Gasteiger partial charge in [0.15, 0.2) is 0 Å². The first-order valence-electron chi connectivity index (χ1n) is 7.05. The molecule has 0 saturated heterocycles. The summed E-state index contributed by atoms with van der Waals surface area (Å²) in [6.45, 7) is 2.35. The highest BCUT2D eigenvalue weighted by Gasteiger charge is 2.05. The smallest absolute Gasteiger partial charge is 0.316 e. The van der Waals surface area contributed by atoms with Crippen LogP contribution in [-0.4, -0.2) is 62.5 Å². The zero-order valence-electron chi connectivity index (χ0n) is 12.7. The summed E-state index contributed by atoms with van der Waals surface area (Å²) in [6, 6.07) is 9.72. The summed E-state index contributed by atoms with van der Waals surface area (Å²) in [5.74, 6) is 0. The Kier molecular flexibility index (Phi) is 8.42. The van der Waals surface area contributed by atoms with E-state index in [4.69, 9.17) is 4.74 Å². The number of hydrogen-bond donors (Lipinski definition) is 3. The second-order valence-corrected chi connectivity index (χ2v) is 4.99. The van der Waals surface area contributed by atoms with E-state index in [9.17, 15) is 9.90 Å². The molecule has 1 atom stereocenters.